The van der Waals surface area contributed by atoms with Crippen LogP contribution in [0, 0.1) is 5.92 Å². The Morgan fingerprint density at radius 2 is 1.90 bits per heavy atom. The highest BCUT2D eigenvalue weighted by atomic mass is 16.4. The molecule has 0 saturated carbocycles. The lowest BCUT2D eigenvalue weighted by atomic mass is 10.0. The van der Waals surface area contributed by atoms with Crippen molar-refractivity contribution in [1.29, 1.82) is 0 Å². The van der Waals surface area contributed by atoms with Crippen LogP contribution in [-0.4, -0.2) is 50.3 Å². The zero-order valence-electron chi connectivity index (χ0n) is 11.5. The molecule has 1 saturated heterocycles. The number of nitrogens with zero attached hydrogens (tertiary/aromatic N) is 4. The molecule has 0 spiro atoms. The largest absolute Gasteiger partial charge is 0.481 e. The number of carboxylic acid groups (broad SMARTS) is 1. The van der Waals surface area contributed by atoms with Crippen LogP contribution in [-0.2, 0) is 17.6 Å². The first-order valence-corrected chi connectivity index (χ1v) is 6.56. The number of hydrogen-bond acceptors (Lipinski definition) is 5. The summed E-state index contributed by atoms with van der Waals surface area (Å²) in [5.74, 6) is -1.20. The van der Waals surface area contributed by atoms with Gasteiger partial charge in [0.1, 0.15) is 0 Å². The average molecular weight is 279 g/mol. The van der Waals surface area contributed by atoms with Crippen LogP contribution in [0.4, 0.5) is 10.7 Å². The van der Waals surface area contributed by atoms with Crippen molar-refractivity contribution in [1.82, 2.24) is 20.1 Å². The SMILES string of the molecule is CCc1nnc(NC(=O)N2CC(C(=O)O)C2)nc1CC. The molecule has 1 fully saturated rings. The minimum Gasteiger partial charge on any atom is -0.481 e. The van der Waals surface area contributed by atoms with Gasteiger partial charge in [0.15, 0.2) is 0 Å². The van der Waals surface area contributed by atoms with Gasteiger partial charge in [-0.1, -0.05) is 13.8 Å². The van der Waals surface area contributed by atoms with E-state index in [-0.39, 0.29) is 19.0 Å². The van der Waals surface area contributed by atoms with Crippen molar-refractivity contribution >= 4 is 17.9 Å². The van der Waals surface area contributed by atoms with Crippen LogP contribution in [0.25, 0.3) is 0 Å². The molecule has 0 radical (unpaired) electrons. The molecule has 1 aromatic heterocycles. The molecule has 2 rings (SSSR count). The van der Waals surface area contributed by atoms with E-state index in [1.165, 1.54) is 4.90 Å². The fourth-order valence-electron chi connectivity index (χ4n) is 1.97. The summed E-state index contributed by atoms with van der Waals surface area (Å²) in [6.45, 7) is 4.35. The second-order valence-electron chi connectivity index (χ2n) is 4.61. The standard InChI is InChI=1S/C12H17N5O3/c1-3-8-9(4-2)15-16-11(13-8)14-12(20)17-5-7(6-17)10(18)19/h7H,3-6H2,1-2H3,(H,18,19)(H,13,14,16,20). The van der Waals surface area contributed by atoms with Gasteiger partial charge in [0.2, 0.25) is 0 Å². The molecule has 0 unspecified atom stereocenters. The summed E-state index contributed by atoms with van der Waals surface area (Å²) in [5, 5.41) is 19.2. The van der Waals surface area contributed by atoms with Crippen molar-refractivity contribution in [3.63, 3.8) is 0 Å². The topological polar surface area (TPSA) is 108 Å². The second-order valence-corrected chi connectivity index (χ2v) is 4.61. The maximum absolute atomic E-state index is 11.8. The van der Waals surface area contributed by atoms with E-state index in [2.05, 4.69) is 20.5 Å². The Morgan fingerprint density at radius 3 is 2.45 bits per heavy atom. The van der Waals surface area contributed by atoms with Crippen molar-refractivity contribution in [2.45, 2.75) is 26.7 Å². The minimum atomic E-state index is -0.882. The van der Waals surface area contributed by atoms with Crippen molar-refractivity contribution in [2.24, 2.45) is 5.92 Å². The van der Waals surface area contributed by atoms with Gasteiger partial charge < -0.3 is 10.0 Å². The van der Waals surface area contributed by atoms with E-state index < -0.39 is 17.9 Å². The van der Waals surface area contributed by atoms with Crippen LogP contribution in [0.2, 0.25) is 0 Å². The van der Waals surface area contributed by atoms with Crippen LogP contribution < -0.4 is 5.32 Å². The Labute approximate surface area is 116 Å². The number of urea groups is 1. The Bertz CT molecular complexity index is 528. The number of nitrogens with one attached hydrogen (secondary N) is 1. The molecule has 2 heterocycles. The third-order valence-electron chi connectivity index (χ3n) is 3.25. The fraction of sp³-hybridized carbons (Fsp3) is 0.583. The number of hydrogen-bond donors (Lipinski definition) is 2. The lowest BCUT2D eigenvalue weighted by Crippen LogP contribution is -2.54. The lowest BCUT2D eigenvalue weighted by molar-refractivity contribution is -0.145. The zero-order valence-corrected chi connectivity index (χ0v) is 11.5. The molecule has 0 aliphatic carbocycles. The molecule has 1 aliphatic rings. The van der Waals surface area contributed by atoms with E-state index in [9.17, 15) is 9.59 Å². The minimum absolute atomic E-state index is 0.155. The van der Waals surface area contributed by atoms with E-state index in [1.54, 1.807) is 0 Å². The van der Waals surface area contributed by atoms with Gasteiger partial charge in [0, 0.05) is 13.1 Å². The molecule has 1 aliphatic heterocycles. The third kappa shape index (κ3) is 2.84. The Balaban J connectivity index is 1.97. The van der Waals surface area contributed by atoms with E-state index >= 15 is 0 Å². The third-order valence-corrected chi connectivity index (χ3v) is 3.25. The Hall–Kier alpha value is -2.25. The molecule has 0 atom stereocenters. The summed E-state index contributed by atoms with van der Waals surface area (Å²) >= 11 is 0. The quantitative estimate of drug-likeness (QED) is 0.833. The zero-order chi connectivity index (χ0) is 14.7. The highest BCUT2D eigenvalue weighted by Gasteiger charge is 2.35. The van der Waals surface area contributed by atoms with Crippen molar-refractivity contribution in [2.75, 3.05) is 18.4 Å². The Kier molecular flexibility index (Phi) is 4.11. The van der Waals surface area contributed by atoms with Gasteiger partial charge >= 0.3 is 12.0 Å². The number of aryl methyl sites for hydroxylation is 2. The highest BCUT2D eigenvalue weighted by Crippen LogP contribution is 2.16. The molecule has 8 nitrogen and oxygen atoms in total. The molecule has 20 heavy (non-hydrogen) atoms. The predicted octanol–water partition coefficient (Wildman–Crippen LogP) is 0.545. The number of likely N-dealkylation sites (tertiary alicyclic amines) is 1. The molecule has 1 aromatic rings. The second kappa shape index (κ2) is 5.81. The van der Waals surface area contributed by atoms with Crippen LogP contribution in [0.5, 0.6) is 0 Å². The number of aromatic nitrogens is 3. The average Bonchev–Trinajstić information content (AvgIpc) is 2.36. The number of aliphatic carboxylic acids is 1. The maximum atomic E-state index is 11.8. The van der Waals surface area contributed by atoms with E-state index in [1.807, 2.05) is 13.8 Å². The molecule has 8 heteroatoms. The number of carboxylic acids is 1. The first kappa shape index (κ1) is 14.2. The molecule has 108 valence electrons. The molecular weight excluding hydrogens is 262 g/mol. The normalized spacial score (nSPS) is 14.8. The molecule has 0 bridgehead atoms. The van der Waals surface area contributed by atoms with Crippen LogP contribution in [0.1, 0.15) is 25.2 Å². The molecule has 2 N–H and O–H groups in total. The monoisotopic (exact) mass is 279 g/mol. The molecule has 0 aromatic carbocycles. The number of amides is 2. The lowest BCUT2D eigenvalue weighted by Gasteiger charge is -2.36. The van der Waals surface area contributed by atoms with E-state index in [0.29, 0.717) is 6.42 Å². The van der Waals surface area contributed by atoms with Crippen molar-refractivity contribution < 1.29 is 14.7 Å². The van der Waals surface area contributed by atoms with E-state index in [0.717, 1.165) is 17.8 Å². The number of rotatable bonds is 4. The van der Waals surface area contributed by atoms with Gasteiger partial charge in [-0.2, -0.15) is 0 Å². The van der Waals surface area contributed by atoms with Gasteiger partial charge in [-0.3, -0.25) is 10.1 Å². The van der Waals surface area contributed by atoms with Crippen LogP contribution in [0.15, 0.2) is 0 Å². The summed E-state index contributed by atoms with van der Waals surface area (Å²) in [7, 11) is 0. The highest BCUT2D eigenvalue weighted by molar-refractivity contribution is 5.89. The van der Waals surface area contributed by atoms with Gasteiger partial charge in [-0.15, -0.1) is 10.2 Å². The first-order valence-electron chi connectivity index (χ1n) is 6.56. The smallest absolute Gasteiger partial charge is 0.324 e. The number of carbonyl (C=O) groups excluding carboxylic acids is 1. The van der Waals surface area contributed by atoms with Gasteiger partial charge in [-0.05, 0) is 12.8 Å². The van der Waals surface area contributed by atoms with Crippen LogP contribution in [0.3, 0.4) is 0 Å². The summed E-state index contributed by atoms with van der Waals surface area (Å²) in [6.07, 6.45) is 1.45. The van der Waals surface area contributed by atoms with Gasteiger partial charge in [0.05, 0.1) is 17.3 Å². The van der Waals surface area contributed by atoms with Crippen molar-refractivity contribution in [3.05, 3.63) is 11.4 Å². The Morgan fingerprint density at radius 1 is 1.25 bits per heavy atom. The summed E-state index contributed by atoms with van der Waals surface area (Å²) < 4.78 is 0. The number of carbonyl (C=O) groups is 2. The van der Waals surface area contributed by atoms with Gasteiger partial charge in [-0.25, -0.2) is 9.78 Å². The fourth-order valence-corrected chi connectivity index (χ4v) is 1.97. The summed E-state index contributed by atoms with van der Waals surface area (Å²) in [6, 6.07) is -0.393. The molecular formula is C12H17N5O3. The van der Waals surface area contributed by atoms with Gasteiger partial charge in [0.25, 0.3) is 5.95 Å². The van der Waals surface area contributed by atoms with Crippen molar-refractivity contribution in [3.8, 4) is 0 Å². The maximum Gasteiger partial charge on any atom is 0.324 e. The summed E-state index contributed by atoms with van der Waals surface area (Å²) in [5.41, 5.74) is 1.63. The van der Waals surface area contributed by atoms with Crippen LogP contribution >= 0.6 is 0 Å². The first-order chi connectivity index (χ1) is 9.55. The number of anilines is 1. The summed E-state index contributed by atoms with van der Waals surface area (Å²) in [4.78, 5) is 28.2. The van der Waals surface area contributed by atoms with E-state index in [4.69, 9.17) is 5.11 Å². The predicted molar refractivity (Wildman–Crippen MR) is 70.3 cm³/mol. The molecule has 2 amide bonds.